The highest BCUT2D eigenvalue weighted by Gasteiger charge is 2.32. The topological polar surface area (TPSA) is 76.0 Å². The number of furan rings is 1. The van der Waals surface area contributed by atoms with Gasteiger partial charge in [0.05, 0.1) is 6.26 Å². The van der Waals surface area contributed by atoms with E-state index in [0.717, 1.165) is 43.5 Å². The van der Waals surface area contributed by atoms with Gasteiger partial charge in [-0.25, -0.2) is 4.98 Å². The SMILES string of the molecule is Cc1nc([C@H]2OCC[C@H]2CNCc2ccoc2C)n[nH]1. The molecule has 0 spiro atoms. The zero-order valence-corrected chi connectivity index (χ0v) is 11.8. The van der Waals surface area contributed by atoms with Crippen molar-refractivity contribution in [3.05, 3.63) is 35.3 Å². The minimum Gasteiger partial charge on any atom is -0.469 e. The number of ether oxygens (including phenoxy) is 1. The number of nitrogens with one attached hydrogen (secondary N) is 2. The van der Waals surface area contributed by atoms with Crippen molar-refractivity contribution in [1.29, 1.82) is 0 Å². The highest BCUT2D eigenvalue weighted by Crippen LogP contribution is 2.32. The Balaban J connectivity index is 1.55. The molecule has 0 saturated carbocycles. The fourth-order valence-electron chi connectivity index (χ4n) is 2.60. The van der Waals surface area contributed by atoms with Crippen LogP contribution in [0.1, 0.15) is 35.5 Å². The molecule has 6 nitrogen and oxygen atoms in total. The van der Waals surface area contributed by atoms with Crippen LogP contribution in [0, 0.1) is 19.8 Å². The Morgan fingerprint density at radius 2 is 2.35 bits per heavy atom. The summed E-state index contributed by atoms with van der Waals surface area (Å²) in [5.74, 6) is 2.99. The Kier molecular flexibility index (Phi) is 3.84. The predicted octanol–water partition coefficient (Wildman–Crippen LogP) is 1.88. The van der Waals surface area contributed by atoms with Crippen LogP contribution in [0.5, 0.6) is 0 Å². The third kappa shape index (κ3) is 2.76. The molecule has 0 unspecified atom stereocenters. The monoisotopic (exact) mass is 276 g/mol. The number of aromatic amines is 1. The normalized spacial score (nSPS) is 22.5. The van der Waals surface area contributed by atoms with Gasteiger partial charge in [0.1, 0.15) is 17.7 Å². The van der Waals surface area contributed by atoms with E-state index in [-0.39, 0.29) is 6.10 Å². The number of H-pyrrole nitrogens is 1. The molecule has 20 heavy (non-hydrogen) atoms. The zero-order valence-electron chi connectivity index (χ0n) is 11.8. The van der Waals surface area contributed by atoms with Crippen LogP contribution in [-0.2, 0) is 11.3 Å². The molecule has 1 saturated heterocycles. The van der Waals surface area contributed by atoms with Gasteiger partial charge >= 0.3 is 0 Å². The third-order valence-corrected chi connectivity index (χ3v) is 3.77. The second-order valence-corrected chi connectivity index (χ2v) is 5.25. The van der Waals surface area contributed by atoms with Crippen LogP contribution in [0.3, 0.4) is 0 Å². The zero-order chi connectivity index (χ0) is 13.9. The Bertz CT molecular complexity index is 563. The first-order valence-electron chi connectivity index (χ1n) is 6.98. The van der Waals surface area contributed by atoms with Gasteiger partial charge in [-0.3, -0.25) is 5.10 Å². The first kappa shape index (κ1) is 13.3. The van der Waals surface area contributed by atoms with Crippen LogP contribution in [-0.4, -0.2) is 28.3 Å². The van der Waals surface area contributed by atoms with E-state index in [1.165, 1.54) is 5.56 Å². The first-order chi connectivity index (χ1) is 9.74. The Hall–Kier alpha value is -1.66. The summed E-state index contributed by atoms with van der Waals surface area (Å²) < 4.78 is 11.1. The maximum Gasteiger partial charge on any atom is 0.179 e. The molecule has 3 rings (SSSR count). The van der Waals surface area contributed by atoms with E-state index in [1.54, 1.807) is 6.26 Å². The van der Waals surface area contributed by atoms with Crippen molar-refractivity contribution >= 4 is 0 Å². The molecule has 2 aromatic heterocycles. The molecule has 1 aliphatic heterocycles. The van der Waals surface area contributed by atoms with E-state index >= 15 is 0 Å². The maximum atomic E-state index is 5.77. The summed E-state index contributed by atoms with van der Waals surface area (Å²) in [7, 11) is 0. The number of hydrogen-bond donors (Lipinski definition) is 2. The Morgan fingerprint density at radius 1 is 1.45 bits per heavy atom. The summed E-state index contributed by atoms with van der Waals surface area (Å²) in [5, 5.41) is 10.6. The molecule has 2 atom stereocenters. The minimum absolute atomic E-state index is 0.00195. The van der Waals surface area contributed by atoms with Crippen molar-refractivity contribution in [2.24, 2.45) is 5.92 Å². The van der Waals surface area contributed by atoms with Crippen LogP contribution in [0.15, 0.2) is 16.7 Å². The lowest BCUT2D eigenvalue weighted by Gasteiger charge is -2.16. The average Bonchev–Trinajstić information content (AvgIpc) is 3.12. The fourth-order valence-corrected chi connectivity index (χ4v) is 2.60. The molecule has 1 fully saturated rings. The molecule has 1 aliphatic rings. The number of aromatic nitrogens is 3. The smallest absolute Gasteiger partial charge is 0.179 e. The van der Waals surface area contributed by atoms with Crippen molar-refractivity contribution in [2.45, 2.75) is 32.9 Å². The molecule has 0 aliphatic carbocycles. The van der Waals surface area contributed by atoms with Gasteiger partial charge in [-0.15, -0.1) is 0 Å². The summed E-state index contributed by atoms with van der Waals surface area (Å²) >= 11 is 0. The summed E-state index contributed by atoms with van der Waals surface area (Å²) in [6, 6.07) is 2.00. The molecule has 0 aromatic carbocycles. The first-order valence-corrected chi connectivity index (χ1v) is 6.98. The summed E-state index contributed by atoms with van der Waals surface area (Å²) in [6.07, 6.45) is 2.76. The van der Waals surface area contributed by atoms with Gasteiger partial charge in [0.15, 0.2) is 5.82 Å². The van der Waals surface area contributed by atoms with E-state index < -0.39 is 0 Å². The number of rotatable bonds is 5. The molecule has 2 N–H and O–H groups in total. The average molecular weight is 276 g/mol. The lowest BCUT2D eigenvalue weighted by molar-refractivity contribution is 0.0835. The lowest BCUT2D eigenvalue weighted by Crippen LogP contribution is -2.25. The Labute approximate surface area is 117 Å². The molecule has 108 valence electrons. The second-order valence-electron chi connectivity index (χ2n) is 5.25. The Morgan fingerprint density at radius 3 is 3.05 bits per heavy atom. The van der Waals surface area contributed by atoms with E-state index in [0.29, 0.717) is 5.92 Å². The number of aryl methyl sites for hydroxylation is 2. The minimum atomic E-state index is -0.00195. The summed E-state index contributed by atoms with van der Waals surface area (Å²) in [5.41, 5.74) is 1.20. The van der Waals surface area contributed by atoms with Gasteiger partial charge in [0, 0.05) is 31.2 Å². The second kappa shape index (κ2) is 5.76. The van der Waals surface area contributed by atoms with Crippen LogP contribution in [0.4, 0.5) is 0 Å². The van der Waals surface area contributed by atoms with E-state index in [2.05, 4.69) is 20.5 Å². The van der Waals surface area contributed by atoms with Gasteiger partial charge in [0.25, 0.3) is 0 Å². The van der Waals surface area contributed by atoms with Crippen LogP contribution < -0.4 is 5.32 Å². The van der Waals surface area contributed by atoms with Crippen LogP contribution >= 0.6 is 0 Å². The molecule has 0 bridgehead atoms. The van der Waals surface area contributed by atoms with Crippen molar-refractivity contribution < 1.29 is 9.15 Å². The van der Waals surface area contributed by atoms with Gasteiger partial charge in [0.2, 0.25) is 0 Å². The van der Waals surface area contributed by atoms with Crippen molar-refractivity contribution in [3.8, 4) is 0 Å². The van der Waals surface area contributed by atoms with E-state index in [4.69, 9.17) is 9.15 Å². The quantitative estimate of drug-likeness (QED) is 0.872. The molecule has 2 aromatic rings. The van der Waals surface area contributed by atoms with Crippen molar-refractivity contribution in [2.75, 3.05) is 13.2 Å². The number of hydrogen-bond acceptors (Lipinski definition) is 5. The van der Waals surface area contributed by atoms with E-state index in [9.17, 15) is 0 Å². The van der Waals surface area contributed by atoms with Gasteiger partial charge < -0.3 is 14.5 Å². The highest BCUT2D eigenvalue weighted by molar-refractivity contribution is 5.14. The number of nitrogens with zero attached hydrogens (tertiary/aromatic N) is 2. The third-order valence-electron chi connectivity index (χ3n) is 3.77. The lowest BCUT2D eigenvalue weighted by atomic mass is 10.0. The van der Waals surface area contributed by atoms with E-state index in [1.807, 2.05) is 19.9 Å². The van der Waals surface area contributed by atoms with Gasteiger partial charge in [-0.05, 0) is 26.3 Å². The van der Waals surface area contributed by atoms with Crippen molar-refractivity contribution in [3.63, 3.8) is 0 Å². The molecule has 3 heterocycles. The standard InChI is InChI=1S/C14H20N4O2/c1-9-11(3-5-19-9)7-15-8-12-4-6-20-13(12)14-16-10(2)17-18-14/h3,5,12-13,15H,4,6-8H2,1-2H3,(H,16,17,18)/t12-,13-/m0/s1. The van der Waals surface area contributed by atoms with Gasteiger partial charge in [-0.1, -0.05) is 0 Å². The summed E-state index contributed by atoms with van der Waals surface area (Å²) in [6.45, 7) is 6.37. The molecular weight excluding hydrogens is 256 g/mol. The molecule has 6 heteroatoms. The largest absolute Gasteiger partial charge is 0.469 e. The van der Waals surface area contributed by atoms with Crippen LogP contribution in [0.2, 0.25) is 0 Å². The molecule has 0 amide bonds. The predicted molar refractivity (Wildman–Crippen MR) is 73.1 cm³/mol. The maximum absolute atomic E-state index is 5.77. The molecular formula is C14H20N4O2. The highest BCUT2D eigenvalue weighted by atomic mass is 16.5. The fraction of sp³-hybridized carbons (Fsp3) is 0.571. The van der Waals surface area contributed by atoms with Crippen LogP contribution in [0.25, 0.3) is 0 Å². The summed E-state index contributed by atoms with van der Waals surface area (Å²) in [4.78, 5) is 4.38. The van der Waals surface area contributed by atoms with Crippen molar-refractivity contribution in [1.82, 2.24) is 20.5 Å². The van der Waals surface area contributed by atoms with Gasteiger partial charge in [-0.2, -0.15) is 5.10 Å². The molecule has 0 radical (unpaired) electrons.